The smallest absolute Gasteiger partial charge is 0.355 e. The van der Waals surface area contributed by atoms with Gasteiger partial charge in [0.2, 0.25) is 11.0 Å². The normalized spacial score (nSPS) is 20.3. The van der Waals surface area contributed by atoms with E-state index in [-0.39, 0.29) is 42.7 Å². The zero-order valence-corrected chi connectivity index (χ0v) is 22.0. The number of nitro benzene ring substituents is 1. The van der Waals surface area contributed by atoms with Gasteiger partial charge < -0.3 is 19.5 Å². The second kappa shape index (κ2) is 11.3. The lowest BCUT2D eigenvalue weighted by Gasteiger charge is -2.57. The van der Waals surface area contributed by atoms with Crippen molar-refractivity contribution in [2.75, 3.05) is 19.5 Å². The maximum absolute atomic E-state index is 13.3. The van der Waals surface area contributed by atoms with Gasteiger partial charge in [-0.1, -0.05) is 17.8 Å². The SMILES string of the molecule is COC12SCC(COC(C)=O)=C(C(=O)OCc3ccc([N+](=O)[O-])cc3)N1C(=O)C2NC(=O)Cc1cccs1. The highest BCUT2D eigenvalue weighted by atomic mass is 32.2. The van der Waals surface area contributed by atoms with Crippen molar-refractivity contribution in [2.24, 2.45) is 0 Å². The van der Waals surface area contributed by atoms with Crippen LogP contribution >= 0.6 is 23.1 Å². The summed E-state index contributed by atoms with van der Waals surface area (Å²) < 4.78 is 16.2. The Balaban J connectivity index is 1.55. The van der Waals surface area contributed by atoms with E-state index in [0.29, 0.717) is 11.1 Å². The minimum atomic E-state index is -1.40. The van der Waals surface area contributed by atoms with Gasteiger partial charge in [0.15, 0.2) is 6.04 Å². The number of ether oxygens (including phenoxy) is 3. The fourth-order valence-corrected chi connectivity index (χ4v) is 6.06. The van der Waals surface area contributed by atoms with Gasteiger partial charge in [-0.15, -0.1) is 11.3 Å². The molecular weight excluding hydrogens is 538 g/mol. The van der Waals surface area contributed by atoms with Crippen molar-refractivity contribution in [1.82, 2.24) is 10.2 Å². The molecule has 3 heterocycles. The molecule has 0 saturated carbocycles. The molecule has 2 unspecified atom stereocenters. The highest BCUT2D eigenvalue weighted by Crippen LogP contribution is 2.50. The summed E-state index contributed by atoms with van der Waals surface area (Å²) in [6.45, 7) is 0.747. The number of fused-ring (bicyclic) bond motifs is 1. The van der Waals surface area contributed by atoms with E-state index in [1.165, 1.54) is 61.4 Å². The molecule has 0 radical (unpaired) electrons. The summed E-state index contributed by atoms with van der Waals surface area (Å²) in [5, 5.41) is 14.0. The van der Waals surface area contributed by atoms with Gasteiger partial charge in [-0.05, 0) is 29.1 Å². The predicted octanol–water partition coefficient (Wildman–Crippen LogP) is 2.13. The molecule has 1 fully saturated rings. The van der Waals surface area contributed by atoms with E-state index in [1.807, 2.05) is 17.5 Å². The number of β-lactam (4-membered cyclic amide) rings is 1. The summed E-state index contributed by atoms with van der Waals surface area (Å²) in [4.78, 5) is 62.9. The molecule has 200 valence electrons. The largest absolute Gasteiger partial charge is 0.461 e. The number of rotatable bonds is 10. The topological polar surface area (TPSA) is 154 Å². The molecule has 1 aromatic carbocycles. The van der Waals surface area contributed by atoms with E-state index in [1.54, 1.807) is 0 Å². The Labute approximate surface area is 225 Å². The number of hydrogen-bond acceptors (Lipinski definition) is 11. The Bertz CT molecular complexity index is 1290. The molecule has 0 aliphatic carbocycles. The van der Waals surface area contributed by atoms with Gasteiger partial charge >= 0.3 is 11.9 Å². The van der Waals surface area contributed by atoms with Crippen molar-refractivity contribution >= 4 is 52.5 Å². The molecule has 2 aliphatic heterocycles. The summed E-state index contributed by atoms with van der Waals surface area (Å²) in [5.74, 6) is -2.24. The Morgan fingerprint density at radius 1 is 1.18 bits per heavy atom. The van der Waals surface area contributed by atoms with Crippen molar-refractivity contribution in [3.05, 3.63) is 73.6 Å². The Morgan fingerprint density at radius 2 is 1.92 bits per heavy atom. The number of amides is 2. The quantitative estimate of drug-likeness (QED) is 0.197. The fraction of sp³-hybridized carbons (Fsp3) is 0.333. The predicted molar refractivity (Wildman–Crippen MR) is 136 cm³/mol. The molecule has 1 saturated heterocycles. The molecule has 0 spiro atoms. The molecule has 38 heavy (non-hydrogen) atoms. The highest BCUT2D eigenvalue weighted by molar-refractivity contribution is 8.00. The number of carbonyl (C=O) groups excluding carboxylic acids is 4. The highest BCUT2D eigenvalue weighted by Gasteiger charge is 2.66. The lowest BCUT2D eigenvalue weighted by atomic mass is 9.99. The third-order valence-electron chi connectivity index (χ3n) is 5.83. The molecule has 2 aromatic rings. The summed E-state index contributed by atoms with van der Waals surface area (Å²) in [5.41, 5.74) is 0.577. The summed E-state index contributed by atoms with van der Waals surface area (Å²) in [7, 11) is 1.36. The fourth-order valence-electron chi connectivity index (χ4n) is 4.00. The first kappa shape index (κ1) is 27.3. The van der Waals surface area contributed by atoms with Gasteiger partial charge in [-0.2, -0.15) is 0 Å². The van der Waals surface area contributed by atoms with Crippen molar-refractivity contribution in [1.29, 1.82) is 0 Å². The molecule has 14 heteroatoms. The van der Waals surface area contributed by atoms with Gasteiger partial charge in [0.25, 0.3) is 11.6 Å². The van der Waals surface area contributed by atoms with E-state index >= 15 is 0 Å². The number of hydrogen-bond donors (Lipinski definition) is 1. The third kappa shape index (κ3) is 5.42. The maximum Gasteiger partial charge on any atom is 0.355 e. The second-order valence-corrected chi connectivity index (χ2v) is 10.5. The summed E-state index contributed by atoms with van der Waals surface area (Å²) in [6.07, 6.45) is 0.0869. The number of methoxy groups -OCH3 is 1. The number of thiophene rings is 1. The average molecular weight is 562 g/mol. The number of non-ortho nitro benzene ring substituents is 1. The van der Waals surface area contributed by atoms with Gasteiger partial charge in [0.1, 0.15) is 18.9 Å². The number of nitrogens with zero attached hydrogens (tertiary/aromatic N) is 2. The Hall–Kier alpha value is -3.75. The number of benzene rings is 1. The van der Waals surface area contributed by atoms with Crippen LogP contribution in [0.4, 0.5) is 5.69 Å². The van der Waals surface area contributed by atoms with Crippen LogP contribution in [0, 0.1) is 10.1 Å². The van der Waals surface area contributed by atoms with E-state index in [2.05, 4.69) is 5.32 Å². The van der Waals surface area contributed by atoms with Gasteiger partial charge in [-0.3, -0.25) is 29.4 Å². The van der Waals surface area contributed by atoms with Crippen LogP contribution in [0.3, 0.4) is 0 Å². The Kier molecular flexibility index (Phi) is 8.14. The van der Waals surface area contributed by atoms with Crippen LogP contribution in [0.25, 0.3) is 0 Å². The van der Waals surface area contributed by atoms with E-state index in [0.717, 1.165) is 9.78 Å². The number of carbonyl (C=O) groups is 4. The van der Waals surface area contributed by atoms with Crippen molar-refractivity contribution in [2.45, 2.75) is 31.1 Å². The average Bonchev–Trinajstić information content (AvgIpc) is 3.41. The number of thioether (sulfide) groups is 1. The van der Waals surface area contributed by atoms with Gasteiger partial charge in [-0.25, -0.2) is 4.79 Å². The molecular formula is C24H23N3O9S2. The van der Waals surface area contributed by atoms with E-state index in [9.17, 15) is 29.3 Å². The van der Waals surface area contributed by atoms with Crippen LogP contribution in [0.1, 0.15) is 17.4 Å². The molecule has 4 rings (SSSR count). The van der Waals surface area contributed by atoms with Crippen LogP contribution < -0.4 is 5.32 Å². The van der Waals surface area contributed by atoms with E-state index in [4.69, 9.17) is 14.2 Å². The van der Waals surface area contributed by atoms with Crippen molar-refractivity contribution < 1.29 is 38.3 Å². The van der Waals surface area contributed by atoms with E-state index < -0.39 is 33.9 Å². The zero-order valence-electron chi connectivity index (χ0n) is 20.3. The molecule has 1 N–H and O–H groups in total. The van der Waals surface area contributed by atoms with Crippen LogP contribution in [0.5, 0.6) is 0 Å². The summed E-state index contributed by atoms with van der Waals surface area (Å²) in [6, 6.07) is 8.03. The van der Waals surface area contributed by atoms with Crippen molar-refractivity contribution in [3.63, 3.8) is 0 Å². The first-order valence-electron chi connectivity index (χ1n) is 11.3. The van der Waals surface area contributed by atoms with Crippen LogP contribution in [-0.4, -0.2) is 64.1 Å². The number of nitro groups is 1. The number of esters is 2. The van der Waals surface area contributed by atoms with Crippen molar-refractivity contribution in [3.8, 4) is 0 Å². The maximum atomic E-state index is 13.3. The molecule has 2 aliphatic rings. The standard InChI is InChI=1S/C24H23N3O9S2/c1-14(28)35-12-16-13-38-24(34-2)21(25-19(29)10-18-4-3-9-37-18)22(30)26(24)20(16)23(31)36-11-15-5-7-17(8-6-15)27(32)33/h3-9,21H,10-13H2,1-2H3,(H,25,29). The van der Waals surface area contributed by atoms with Crippen LogP contribution in [-0.2, 0) is 46.4 Å². The number of nitrogens with one attached hydrogen (secondary N) is 1. The molecule has 1 aromatic heterocycles. The van der Waals surface area contributed by atoms with Crippen LogP contribution in [0.15, 0.2) is 53.0 Å². The second-order valence-electron chi connectivity index (χ2n) is 8.29. The lowest BCUT2D eigenvalue weighted by Crippen LogP contribution is -2.79. The first-order valence-corrected chi connectivity index (χ1v) is 13.1. The minimum Gasteiger partial charge on any atom is -0.461 e. The summed E-state index contributed by atoms with van der Waals surface area (Å²) >= 11 is 2.59. The minimum absolute atomic E-state index is 0.0869. The molecule has 12 nitrogen and oxygen atoms in total. The lowest BCUT2D eigenvalue weighted by molar-refractivity contribution is -0.384. The zero-order chi connectivity index (χ0) is 27.4. The third-order valence-corrected chi connectivity index (χ3v) is 8.20. The van der Waals surface area contributed by atoms with Crippen LogP contribution in [0.2, 0.25) is 0 Å². The first-order chi connectivity index (χ1) is 18.2. The van der Waals surface area contributed by atoms with Gasteiger partial charge in [0.05, 0.1) is 11.3 Å². The Morgan fingerprint density at radius 3 is 2.53 bits per heavy atom. The molecule has 2 atom stereocenters. The monoisotopic (exact) mass is 561 g/mol. The molecule has 0 bridgehead atoms. The van der Waals surface area contributed by atoms with Gasteiger partial charge in [0, 0.05) is 42.4 Å². The molecule has 2 amide bonds.